The first-order chi connectivity index (χ1) is 9.04. The lowest BCUT2D eigenvalue weighted by atomic mass is 10.2. The molecule has 1 aromatic rings. The zero-order valence-corrected chi connectivity index (χ0v) is 12.3. The Hall–Kier alpha value is -0.780. The number of hydrogen-bond donors (Lipinski definition) is 1. The highest BCUT2D eigenvalue weighted by molar-refractivity contribution is 7.98. The van der Waals surface area contributed by atoms with Crippen LogP contribution in [0.5, 0.6) is 0 Å². The average Bonchev–Trinajstić information content (AvgIpc) is 2.36. The van der Waals surface area contributed by atoms with Gasteiger partial charge >= 0.3 is 5.97 Å². The summed E-state index contributed by atoms with van der Waals surface area (Å²) in [5.41, 5.74) is 6.54. The Balaban J connectivity index is 2.29. The molecule has 2 N–H and O–H groups in total. The van der Waals surface area contributed by atoms with E-state index in [-0.39, 0.29) is 11.8 Å². The molecule has 0 saturated carbocycles. The maximum Gasteiger partial charge on any atom is 0.322 e. The fourth-order valence-corrected chi connectivity index (χ4v) is 2.75. The monoisotopic (exact) mass is 305 g/mol. The Morgan fingerprint density at radius 2 is 2.32 bits per heavy atom. The van der Waals surface area contributed by atoms with Crippen LogP contribution in [0.3, 0.4) is 0 Å². The second kappa shape index (κ2) is 8.40. The van der Waals surface area contributed by atoms with E-state index in [1.165, 1.54) is 12.1 Å². The molecule has 106 valence electrons. The summed E-state index contributed by atoms with van der Waals surface area (Å²) >= 11 is 7.51. The SMILES string of the molecule is CCOC(=O)C(N)CCSCc1ccc(F)cc1Cl. The van der Waals surface area contributed by atoms with Crippen LogP contribution in [0.4, 0.5) is 4.39 Å². The Labute approximate surface area is 121 Å². The van der Waals surface area contributed by atoms with Crippen molar-refractivity contribution in [2.75, 3.05) is 12.4 Å². The number of carbonyl (C=O) groups is 1. The molecule has 0 amide bonds. The standard InChI is InChI=1S/C13H17ClFNO2S/c1-2-18-13(17)12(16)5-6-19-8-9-3-4-10(15)7-11(9)14/h3-4,7,12H,2,5-6,8,16H2,1H3. The van der Waals surface area contributed by atoms with Crippen LogP contribution in [0.15, 0.2) is 18.2 Å². The molecule has 0 radical (unpaired) electrons. The van der Waals surface area contributed by atoms with Crippen molar-refractivity contribution in [3.05, 3.63) is 34.6 Å². The predicted octanol–water partition coefficient (Wildman–Crippen LogP) is 2.99. The fourth-order valence-electron chi connectivity index (χ4n) is 1.40. The summed E-state index contributed by atoms with van der Waals surface area (Å²) in [5.74, 6) is 0.661. The van der Waals surface area contributed by atoms with Crippen LogP contribution in [-0.4, -0.2) is 24.4 Å². The lowest BCUT2D eigenvalue weighted by Gasteiger charge is -2.10. The number of thioether (sulfide) groups is 1. The van der Waals surface area contributed by atoms with Gasteiger partial charge in [-0.15, -0.1) is 0 Å². The van der Waals surface area contributed by atoms with Gasteiger partial charge in [0.05, 0.1) is 6.61 Å². The van der Waals surface area contributed by atoms with Gasteiger partial charge in [-0.2, -0.15) is 11.8 Å². The third kappa shape index (κ3) is 5.80. The maximum absolute atomic E-state index is 12.8. The van der Waals surface area contributed by atoms with Gasteiger partial charge in [-0.1, -0.05) is 17.7 Å². The third-order valence-electron chi connectivity index (χ3n) is 2.44. The van der Waals surface area contributed by atoms with Gasteiger partial charge in [0.25, 0.3) is 0 Å². The van der Waals surface area contributed by atoms with Gasteiger partial charge in [0.1, 0.15) is 11.9 Å². The number of ether oxygens (including phenoxy) is 1. The van der Waals surface area contributed by atoms with Gasteiger partial charge < -0.3 is 10.5 Å². The summed E-state index contributed by atoms with van der Waals surface area (Å²) < 4.78 is 17.7. The van der Waals surface area contributed by atoms with E-state index in [9.17, 15) is 9.18 Å². The number of esters is 1. The normalized spacial score (nSPS) is 12.2. The van der Waals surface area contributed by atoms with E-state index in [1.54, 1.807) is 24.8 Å². The molecule has 0 aliphatic heterocycles. The highest BCUT2D eigenvalue weighted by atomic mass is 35.5. The number of carbonyl (C=O) groups excluding carboxylic acids is 1. The largest absolute Gasteiger partial charge is 0.465 e. The first-order valence-corrected chi connectivity index (χ1v) is 7.51. The Kier molecular flexibility index (Phi) is 7.20. The van der Waals surface area contributed by atoms with Crippen molar-refractivity contribution in [1.82, 2.24) is 0 Å². The Morgan fingerprint density at radius 3 is 2.95 bits per heavy atom. The summed E-state index contributed by atoms with van der Waals surface area (Å²) in [6.07, 6.45) is 0.544. The van der Waals surface area contributed by atoms with E-state index in [2.05, 4.69) is 0 Å². The molecule has 1 aromatic carbocycles. The van der Waals surface area contributed by atoms with Crippen molar-refractivity contribution in [2.24, 2.45) is 5.73 Å². The molecule has 0 aromatic heterocycles. The molecule has 1 atom stereocenters. The Morgan fingerprint density at radius 1 is 1.58 bits per heavy atom. The van der Waals surface area contributed by atoms with Crippen molar-refractivity contribution in [2.45, 2.75) is 25.1 Å². The second-order valence-electron chi connectivity index (χ2n) is 3.94. The van der Waals surface area contributed by atoms with Gasteiger partial charge in [0, 0.05) is 10.8 Å². The molecular formula is C13H17ClFNO2S. The van der Waals surface area contributed by atoms with Gasteiger partial charge in [-0.3, -0.25) is 4.79 Å². The minimum Gasteiger partial charge on any atom is -0.465 e. The molecule has 0 saturated heterocycles. The molecule has 6 heteroatoms. The smallest absolute Gasteiger partial charge is 0.322 e. The van der Waals surface area contributed by atoms with Gasteiger partial charge in [0.15, 0.2) is 0 Å². The van der Waals surface area contributed by atoms with Gasteiger partial charge in [-0.25, -0.2) is 4.39 Å². The molecule has 0 fully saturated rings. The van der Waals surface area contributed by atoms with Crippen LogP contribution in [0.2, 0.25) is 5.02 Å². The first kappa shape index (κ1) is 16.3. The van der Waals surface area contributed by atoms with Crippen LogP contribution < -0.4 is 5.73 Å². The molecule has 1 rings (SSSR count). The molecule has 1 unspecified atom stereocenters. The summed E-state index contributed by atoms with van der Waals surface area (Å²) in [7, 11) is 0. The zero-order chi connectivity index (χ0) is 14.3. The summed E-state index contributed by atoms with van der Waals surface area (Å²) in [6.45, 7) is 2.08. The molecular weight excluding hydrogens is 289 g/mol. The lowest BCUT2D eigenvalue weighted by Crippen LogP contribution is -2.32. The molecule has 0 spiro atoms. The molecule has 0 heterocycles. The highest BCUT2D eigenvalue weighted by Gasteiger charge is 2.13. The van der Waals surface area contributed by atoms with Crippen LogP contribution in [0, 0.1) is 5.82 Å². The van der Waals surface area contributed by atoms with Crippen molar-refractivity contribution >= 4 is 29.3 Å². The van der Waals surface area contributed by atoms with Crippen LogP contribution >= 0.6 is 23.4 Å². The number of nitrogens with two attached hydrogens (primary N) is 1. The first-order valence-electron chi connectivity index (χ1n) is 5.98. The third-order valence-corrected chi connectivity index (χ3v) is 3.83. The zero-order valence-electron chi connectivity index (χ0n) is 10.7. The van der Waals surface area contributed by atoms with E-state index >= 15 is 0 Å². The van der Waals surface area contributed by atoms with E-state index < -0.39 is 6.04 Å². The number of halogens is 2. The molecule has 0 aliphatic rings. The van der Waals surface area contributed by atoms with Gasteiger partial charge in [0.2, 0.25) is 0 Å². The minimum absolute atomic E-state index is 0.338. The van der Waals surface area contributed by atoms with Crippen molar-refractivity contribution in [3.63, 3.8) is 0 Å². The number of benzene rings is 1. The van der Waals surface area contributed by atoms with E-state index in [1.807, 2.05) is 0 Å². The fraction of sp³-hybridized carbons (Fsp3) is 0.462. The van der Waals surface area contributed by atoms with Crippen molar-refractivity contribution in [1.29, 1.82) is 0 Å². The molecule has 0 aliphatic carbocycles. The topological polar surface area (TPSA) is 52.3 Å². The predicted molar refractivity (Wildman–Crippen MR) is 76.8 cm³/mol. The maximum atomic E-state index is 12.8. The van der Waals surface area contributed by atoms with E-state index in [0.717, 1.165) is 5.56 Å². The lowest BCUT2D eigenvalue weighted by molar-refractivity contribution is -0.144. The van der Waals surface area contributed by atoms with Crippen molar-refractivity contribution in [3.8, 4) is 0 Å². The quantitative estimate of drug-likeness (QED) is 0.621. The van der Waals surface area contributed by atoms with Crippen molar-refractivity contribution < 1.29 is 13.9 Å². The van der Waals surface area contributed by atoms with E-state index in [4.69, 9.17) is 22.1 Å². The number of rotatable bonds is 7. The highest BCUT2D eigenvalue weighted by Crippen LogP contribution is 2.22. The van der Waals surface area contributed by atoms with E-state index in [0.29, 0.717) is 29.6 Å². The molecule has 19 heavy (non-hydrogen) atoms. The summed E-state index contributed by atoms with van der Waals surface area (Å²) in [5, 5.41) is 0.419. The molecule has 0 bridgehead atoms. The average molecular weight is 306 g/mol. The van der Waals surface area contributed by atoms with Crippen LogP contribution in [0.25, 0.3) is 0 Å². The van der Waals surface area contributed by atoms with Crippen LogP contribution in [-0.2, 0) is 15.3 Å². The summed E-state index contributed by atoms with van der Waals surface area (Å²) in [4.78, 5) is 11.3. The summed E-state index contributed by atoms with van der Waals surface area (Å²) in [6, 6.07) is 3.75. The van der Waals surface area contributed by atoms with Crippen LogP contribution in [0.1, 0.15) is 18.9 Å². The number of hydrogen-bond acceptors (Lipinski definition) is 4. The van der Waals surface area contributed by atoms with Gasteiger partial charge in [-0.05, 0) is 36.8 Å². The molecule has 3 nitrogen and oxygen atoms in total. The minimum atomic E-state index is -0.587. The second-order valence-corrected chi connectivity index (χ2v) is 5.45. The Bertz CT molecular complexity index is 431.